The molecular formula is C32H37BrN2. The van der Waals surface area contributed by atoms with Gasteiger partial charge >= 0.3 is 0 Å². The molecule has 0 aromatic heterocycles. The molecule has 0 amide bonds. The average molecular weight is 530 g/mol. The average Bonchev–Trinajstić information content (AvgIpc) is 3.66. The van der Waals surface area contributed by atoms with Crippen molar-refractivity contribution in [3.05, 3.63) is 78.3 Å². The molecule has 0 unspecified atom stereocenters. The van der Waals surface area contributed by atoms with Crippen molar-refractivity contribution in [3.8, 4) is 11.1 Å². The summed E-state index contributed by atoms with van der Waals surface area (Å²) in [6.07, 6.45) is 14.6. The Labute approximate surface area is 218 Å². The Morgan fingerprint density at radius 3 is 1.40 bits per heavy atom. The monoisotopic (exact) mass is 528 g/mol. The summed E-state index contributed by atoms with van der Waals surface area (Å²) in [5.74, 6) is 0. The Bertz CT molecular complexity index is 1240. The molecule has 182 valence electrons. The molecule has 0 heterocycles. The van der Waals surface area contributed by atoms with Gasteiger partial charge in [-0.1, -0.05) is 34.1 Å². The van der Waals surface area contributed by atoms with E-state index < -0.39 is 0 Å². The lowest BCUT2D eigenvalue weighted by atomic mass is 9.87. The summed E-state index contributed by atoms with van der Waals surface area (Å²) in [7, 11) is 0. The smallest absolute Gasteiger partial charge is 0.0385 e. The summed E-state index contributed by atoms with van der Waals surface area (Å²) in [4.78, 5) is 0. The van der Waals surface area contributed by atoms with Crippen LogP contribution in [0, 0.1) is 13.8 Å². The highest BCUT2D eigenvalue weighted by molar-refractivity contribution is 9.10. The molecule has 4 aliphatic carbocycles. The van der Waals surface area contributed by atoms with E-state index in [0.717, 1.165) is 11.4 Å². The second kappa shape index (κ2) is 9.00. The van der Waals surface area contributed by atoms with E-state index in [2.05, 4.69) is 48.0 Å². The molecule has 0 aliphatic heterocycles. The lowest BCUT2D eigenvalue weighted by Gasteiger charge is -2.19. The van der Waals surface area contributed by atoms with Crippen LogP contribution >= 0.6 is 15.9 Å². The lowest BCUT2D eigenvalue weighted by molar-refractivity contribution is 0.896. The Hall–Kier alpha value is -2.26. The Kier molecular flexibility index (Phi) is 5.95. The van der Waals surface area contributed by atoms with Crippen molar-refractivity contribution in [2.75, 3.05) is 11.5 Å². The lowest BCUT2D eigenvalue weighted by Crippen LogP contribution is -2.04. The van der Waals surface area contributed by atoms with Crippen molar-refractivity contribution in [1.82, 2.24) is 0 Å². The zero-order valence-electron chi connectivity index (χ0n) is 21.2. The second-order valence-corrected chi connectivity index (χ2v) is 11.9. The molecule has 0 bridgehead atoms. The van der Waals surface area contributed by atoms with Gasteiger partial charge in [0.25, 0.3) is 0 Å². The van der Waals surface area contributed by atoms with Crippen LogP contribution in [0.1, 0.15) is 81.3 Å². The highest BCUT2D eigenvalue weighted by Crippen LogP contribution is 2.45. The van der Waals surface area contributed by atoms with Crippen LogP contribution in [0.3, 0.4) is 0 Å². The van der Waals surface area contributed by atoms with Crippen LogP contribution in [0.4, 0.5) is 11.4 Å². The van der Waals surface area contributed by atoms with Crippen molar-refractivity contribution < 1.29 is 0 Å². The summed E-state index contributed by atoms with van der Waals surface area (Å²) in [5, 5.41) is 0. The predicted octanol–water partition coefficient (Wildman–Crippen LogP) is 7.54. The van der Waals surface area contributed by atoms with Crippen molar-refractivity contribution >= 4 is 27.3 Å². The number of halogens is 1. The van der Waals surface area contributed by atoms with Crippen LogP contribution in [-0.4, -0.2) is 0 Å². The van der Waals surface area contributed by atoms with E-state index in [-0.39, 0.29) is 0 Å². The van der Waals surface area contributed by atoms with Gasteiger partial charge in [0.05, 0.1) is 0 Å². The van der Waals surface area contributed by atoms with Crippen molar-refractivity contribution in [2.24, 2.45) is 0 Å². The number of aryl methyl sites for hydroxylation is 2. The van der Waals surface area contributed by atoms with Crippen LogP contribution in [0.25, 0.3) is 11.1 Å². The van der Waals surface area contributed by atoms with Gasteiger partial charge in [-0.3, -0.25) is 0 Å². The first-order valence-electron chi connectivity index (χ1n) is 13.6. The van der Waals surface area contributed by atoms with Gasteiger partial charge in [0, 0.05) is 15.8 Å². The molecule has 0 radical (unpaired) electrons. The third kappa shape index (κ3) is 3.73. The fourth-order valence-corrected chi connectivity index (χ4v) is 8.05. The van der Waals surface area contributed by atoms with Gasteiger partial charge in [-0.25, -0.2) is 0 Å². The van der Waals surface area contributed by atoms with Gasteiger partial charge in [-0.2, -0.15) is 0 Å². The minimum atomic E-state index is 1.12. The van der Waals surface area contributed by atoms with E-state index in [1.165, 1.54) is 137 Å². The minimum Gasteiger partial charge on any atom is -0.398 e. The third-order valence-corrected chi connectivity index (χ3v) is 10.1. The molecule has 3 aromatic rings. The summed E-state index contributed by atoms with van der Waals surface area (Å²) in [5.41, 5.74) is 32.6. The Balaban J connectivity index is 0.000000141. The highest BCUT2D eigenvalue weighted by Gasteiger charge is 2.28. The van der Waals surface area contributed by atoms with E-state index in [9.17, 15) is 0 Å². The Morgan fingerprint density at radius 2 is 0.943 bits per heavy atom. The maximum atomic E-state index is 6.49. The number of benzene rings is 3. The van der Waals surface area contributed by atoms with Crippen molar-refractivity contribution in [3.63, 3.8) is 0 Å². The summed E-state index contributed by atoms with van der Waals surface area (Å²) in [6.45, 7) is 4.41. The number of fused-ring (bicyclic) bond motifs is 4. The molecular weight excluding hydrogens is 492 g/mol. The summed E-state index contributed by atoms with van der Waals surface area (Å²) in [6, 6.07) is 6.95. The van der Waals surface area contributed by atoms with Crippen LogP contribution in [0.2, 0.25) is 0 Å². The first kappa shape index (κ1) is 23.2. The zero-order chi connectivity index (χ0) is 24.3. The standard InChI is InChI=1S/C20H23N.C12H14BrN/c1-12-9-10-14(11-13(12)2)19-15-5-3-7-17(15)20(21)18-8-4-6-16(18)19;13-11-7-3-1-5-9(7)12(14)10-6-2-4-8(10)11/h9-11H,3-8,21H2,1-2H3;1-6,14H2. The molecule has 0 atom stereocenters. The molecule has 4 aliphatic rings. The SMILES string of the molecule is Cc1ccc(-c2c3c(c(N)c4c2CCC4)CCC3)cc1C.Nc1c2c(c(Br)c3c1CCC3)CCC2. The van der Waals surface area contributed by atoms with E-state index in [1.807, 2.05) is 0 Å². The number of anilines is 2. The van der Waals surface area contributed by atoms with Crippen molar-refractivity contribution in [1.29, 1.82) is 0 Å². The van der Waals surface area contributed by atoms with Gasteiger partial charge in [0.15, 0.2) is 0 Å². The third-order valence-electron chi connectivity index (χ3n) is 9.10. The maximum absolute atomic E-state index is 6.49. The highest BCUT2D eigenvalue weighted by atomic mass is 79.9. The summed E-state index contributed by atoms with van der Waals surface area (Å²) < 4.78 is 1.38. The molecule has 7 rings (SSSR count). The molecule has 35 heavy (non-hydrogen) atoms. The van der Waals surface area contributed by atoms with Crippen LogP contribution in [-0.2, 0) is 51.4 Å². The minimum absolute atomic E-state index is 1.12. The van der Waals surface area contributed by atoms with Gasteiger partial charge in [0.1, 0.15) is 0 Å². The number of hydrogen-bond acceptors (Lipinski definition) is 2. The molecule has 0 fully saturated rings. The summed E-state index contributed by atoms with van der Waals surface area (Å²) >= 11 is 3.76. The molecule has 4 N–H and O–H groups in total. The van der Waals surface area contributed by atoms with Crippen LogP contribution in [0.5, 0.6) is 0 Å². The first-order chi connectivity index (χ1) is 17.0. The van der Waals surface area contributed by atoms with Crippen LogP contribution in [0.15, 0.2) is 22.7 Å². The zero-order valence-corrected chi connectivity index (χ0v) is 22.8. The quantitative estimate of drug-likeness (QED) is 0.320. The number of nitrogen functional groups attached to an aromatic ring is 2. The van der Waals surface area contributed by atoms with Gasteiger partial charge in [-0.15, -0.1) is 0 Å². The molecule has 0 spiro atoms. The van der Waals surface area contributed by atoms with E-state index in [0.29, 0.717) is 0 Å². The van der Waals surface area contributed by atoms with Gasteiger partial charge in [-0.05, 0) is 158 Å². The van der Waals surface area contributed by atoms with E-state index >= 15 is 0 Å². The normalized spacial score (nSPS) is 17.0. The van der Waals surface area contributed by atoms with Crippen LogP contribution < -0.4 is 11.5 Å². The Morgan fingerprint density at radius 1 is 0.543 bits per heavy atom. The largest absolute Gasteiger partial charge is 0.398 e. The second-order valence-electron chi connectivity index (χ2n) is 11.1. The first-order valence-corrected chi connectivity index (χ1v) is 14.4. The molecule has 2 nitrogen and oxygen atoms in total. The number of nitrogens with two attached hydrogens (primary N) is 2. The van der Waals surface area contributed by atoms with Crippen molar-refractivity contribution in [2.45, 2.75) is 90.9 Å². The van der Waals surface area contributed by atoms with Gasteiger partial charge in [0.2, 0.25) is 0 Å². The predicted molar refractivity (Wildman–Crippen MR) is 152 cm³/mol. The molecule has 3 aromatic carbocycles. The molecule has 0 saturated carbocycles. The topological polar surface area (TPSA) is 52.0 Å². The fraction of sp³-hybridized carbons (Fsp3) is 0.438. The fourth-order valence-electron chi connectivity index (χ4n) is 7.17. The maximum Gasteiger partial charge on any atom is 0.0385 e. The number of rotatable bonds is 1. The number of hydrogen-bond donors (Lipinski definition) is 2. The molecule has 3 heteroatoms. The van der Waals surface area contributed by atoms with Gasteiger partial charge < -0.3 is 11.5 Å². The van der Waals surface area contributed by atoms with E-state index in [4.69, 9.17) is 11.5 Å². The molecule has 0 saturated heterocycles. The van der Waals surface area contributed by atoms with E-state index in [1.54, 1.807) is 11.1 Å².